The Bertz CT molecular complexity index is 625. The number of hydrogen-bond acceptors (Lipinski definition) is 7. The Morgan fingerprint density at radius 2 is 2.10 bits per heavy atom. The van der Waals surface area contributed by atoms with E-state index in [-0.39, 0.29) is 12.0 Å². The lowest BCUT2D eigenvalue weighted by Gasteiger charge is -2.27. The van der Waals surface area contributed by atoms with E-state index in [1.165, 1.54) is 19.5 Å². The third-order valence-electron chi connectivity index (χ3n) is 3.35. The molecule has 1 aromatic heterocycles. The quantitative estimate of drug-likeness (QED) is 0.865. The maximum absolute atomic E-state index is 12.2. The molecule has 0 saturated carbocycles. The van der Waals surface area contributed by atoms with Crippen molar-refractivity contribution >= 4 is 15.5 Å². The molecular formula is C13H19N3O4S. The molecule has 0 bridgehead atoms. The molecule has 1 unspecified atom stereocenters. The Balaban J connectivity index is 2.49. The van der Waals surface area contributed by atoms with Crippen molar-refractivity contribution in [2.45, 2.75) is 26.0 Å². The van der Waals surface area contributed by atoms with Crippen molar-refractivity contribution in [2.24, 2.45) is 0 Å². The summed E-state index contributed by atoms with van der Waals surface area (Å²) in [6, 6.07) is 0. The van der Waals surface area contributed by atoms with Crippen LogP contribution < -0.4 is 10.1 Å². The van der Waals surface area contributed by atoms with E-state index in [9.17, 15) is 8.42 Å². The fraction of sp³-hybridized carbons (Fsp3) is 0.538. The Labute approximate surface area is 124 Å². The predicted octanol–water partition coefficient (Wildman–Crippen LogP) is 0.944. The van der Waals surface area contributed by atoms with Crippen LogP contribution in [-0.4, -0.2) is 44.6 Å². The zero-order valence-electron chi connectivity index (χ0n) is 12.3. The third kappa shape index (κ3) is 3.33. The molecule has 1 N–H and O–H groups in total. The number of methoxy groups -OCH3 is 2. The molecule has 0 saturated heterocycles. The summed E-state index contributed by atoms with van der Waals surface area (Å²) in [5.41, 5.74) is 0.926. The van der Waals surface area contributed by atoms with E-state index in [0.29, 0.717) is 35.0 Å². The van der Waals surface area contributed by atoms with Crippen molar-refractivity contribution in [1.82, 2.24) is 15.3 Å². The van der Waals surface area contributed by atoms with Gasteiger partial charge in [0.2, 0.25) is 5.88 Å². The highest BCUT2D eigenvalue weighted by molar-refractivity contribution is 7.95. The molecule has 0 radical (unpaired) electrons. The first kappa shape index (κ1) is 15.7. The number of hydrogen-bond donors (Lipinski definition) is 1. The minimum absolute atomic E-state index is 0.0503. The fourth-order valence-electron chi connectivity index (χ4n) is 2.13. The number of nitrogens with zero attached hydrogens (tertiary/aromatic N) is 2. The predicted molar refractivity (Wildman–Crippen MR) is 78.1 cm³/mol. The average molecular weight is 313 g/mol. The number of sulfone groups is 1. The molecule has 116 valence electrons. The molecule has 0 amide bonds. The molecular weight excluding hydrogens is 294 g/mol. The van der Waals surface area contributed by atoms with Gasteiger partial charge in [-0.3, -0.25) is 0 Å². The highest BCUT2D eigenvalue weighted by atomic mass is 32.2. The second-order valence-corrected chi connectivity index (χ2v) is 6.85. The third-order valence-corrected chi connectivity index (χ3v) is 5.27. The van der Waals surface area contributed by atoms with E-state index in [2.05, 4.69) is 15.3 Å². The minimum atomic E-state index is -3.30. The van der Waals surface area contributed by atoms with Crippen molar-refractivity contribution in [2.75, 3.05) is 20.0 Å². The first-order chi connectivity index (χ1) is 10.0. The normalized spacial score (nSPS) is 19.3. The van der Waals surface area contributed by atoms with Gasteiger partial charge in [-0.1, -0.05) is 6.92 Å². The first-order valence-electron chi connectivity index (χ1n) is 6.63. The molecule has 8 heteroatoms. The van der Waals surface area contributed by atoms with Crippen LogP contribution in [0.5, 0.6) is 5.88 Å². The maximum atomic E-state index is 12.2. The van der Waals surface area contributed by atoms with E-state index in [4.69, 9.17) is 9.47 Å². The fourth-order valence-corrected chi connectivity index (χ4v) is 3.38. The number of rotatable bonds is 5. The smallest absolute Gasteiger partial charge is 0.232 e. The van der Waals surface area contributed by atoms with Crippen molar-refractivity contribution in [3.8, 4) is 5.88 Å². The van der Waals surface area contributed by atoms with Crippen molar-refractivity contribution in [3.63, 3.8) is 0 Å². The van der Waals surface area contributed by atoms with Gasteiger partial charge in [-0.2, -0.15) is 0 Å². The number of allylic oxidation sites excluding steroid dienone is 1. The molecule has 1 atom stereocenters. The standard InChI is InChI=1S/C13H19N3O4S/c1-4-21(17,18)10-5-6-11(19-2)16-13(10)9-7-15-12(20-3)8-14-9/h7-8,11,16H,4-6H2,1-3H3. The van der Waals surface area contributed by atoms with Crippen LogP contribution in [0.25, 0.3) is 5.70 Å². The van der Waals surface area contributed by atoms with Gasteiger partial charge in [0.05, 0.1) is 35.9 Å². The Kier molecular flexibility index (Phi) is 4.79. The van der Waals surface area contributed by atoms with Gasteiger partial charge >= 0.3 is 0 Å². The van der Waals surface area contributed by atoms with E-state index in [1.807, 2.05) is 0 Å². The summed E-state index contributed by atoms with van der Waals surface area (Å²) in [5.74, 6) is 0.424. The van der Waals surface area contributed by atoms with Gasteiger partial charge in [-0.25, -0.2) is 18.4 Å². The van der Waals surface area contributed by atoms with Crippen LogP contribution in [0, 0.1) is 0 Å². The van der Waals surface area contributed by atoms with Crippen LogP contribution in [-0.2, 0) is 14.6 Å². The van der Waals surface area contributed by atoms with Crippen LogP contribution in [0.2, 0.25) is 0 Å². The van der Waals surface area contributed by atoms with Crippen LogP contribution in [0.4, 0.5) is 0 Å². The SMILES string of the molecule is CCS(=O)(=O)C1=C(c2cnc(OC)cn2)NC(OC)CC1. The maximum Gasteiger partial charge on any atom is 0.232 e. The van der Waals surface area contributed by atoms with Crippen molar-refractivity contribution < 1.29 is 17.9 Å². The summed E-state index contributed by atoms with van der Waals surface area (Å²) in [5, 5.41) is 3.08. The largest absolute Gasteiger partial charge is 0.480 e. The minimum Gasteiger partial charge on any atom is -0.480 e. The second kappa shape index (κ2) is 6.40. The molecule has 0 aliphatic carbocycles. The zero-order chi connectivity index (χ0) is 15.5. The van der Waals surface area contributed by atoms with E-state index in [1.54, 1.807) is 14.0 Å². The molecule has 0 fully saturated rings. The summed E-state index contributed by atoms with van der Waals surface area (Å²) in [6.07, 6.45) is 3.73. The summed E-state index contributed by atoms with van der Waals surface area (Å²) >= 11 is 0. The second-order valence-electron chi connectivity index (χ2n) is 4.55. The molecule has 7 nitrogen and oxygen atoms in total. The summed E-state index contributed by atoms with van der Waals surface area (Å²) < 4.78 is 34.7. The Morgan fingerprint density at radius 1 is 1.33 bits per heavy atom. The van der Waals surface area contributed by atoms with E-state index in [0.717, 1.165) is 0 Å². The van der Waals surface area contributed by atoms with Gasteiger partial charge in [0.15, 0.2) is 9.84 Å². The molecule has 2 rings (SSSR count). The lowest BCUT2D eigenvalue weighted by Crippen LogP contribution is -2.35. The molecule has 0 spiro atoms. The summed E-state index contributed by atoms with van der Waals surface area (Å²) in [6.45, 7) is 1.63. The van der Waals surface area contributed by atoms with Gasteiger partial charge < -0.3 is 14.8 Å². The average Bonchev–Trinajstić information content (AvgIpc) is 2.54. The molecule has 1 aromatic rings. The summed E-state index contributed by atoms with van der Waals surface area (Å²) in [4.78, 5) is 8.64. The van der Waals surface area contributed by atoms with Crippen molar-refractivity contribution in [3.05, 3.63) is 23.0 Å². The number of ether oxygens (including phenoxy) is 2. The highest BCUT2D eigenvalue weighted by Crippen LogP contribution is 2.29. The van der Waals surface area contributed by atoms with Gasteiger partial charge in [0, 0.05) is 7.11 Å². The van der Waals surface area contributed by atoms with Gasteiger partial charge in [0.1, 0.15) is 11.9 Å². The zero-order valence-corrected chi connectivity index (χ0v) is 13.1. The number of aromatic nitrogens is 2. The van der Waals surface area contributed by atoms with Crippen molar-refractivity contribution in [1.29, 1.82) is 0 Å². The lowest BCUT2D eigenvalue weighted by molar-refractivity contribution is 0.0782. The van der Waals surface area contributed by atoms with Crippen LogP contribution in [0.15, 0.2) is 17.3 Å². The van der Waals surface area contributed by atoms with Gasteiger partial charge in [-0.15, -0.1) is 0 Å². The van der Waals surface area contributed by atoms with Crippen LogP contribution >= 0.6 is 0 Å². The molecule has 1 aliphatic rings. The monoisotopic (exact) mass is 313 g/mol. The van der Waals surface area contributed by atoms with Crippen LogP contribution in [0.3, 0.4) is 0 Å². The molecule has 1 aliphatic heterocycles. The summed E-state index contributed by atoms with van der Waals surface area (Å²) in [7, 11) is -0.230. The van der Waals surface area contributed by atoms with Gasteiger partial charge in [-0.05, 0) is 12.8 Å². The van der Waals surface area contributed by atoms with Gasteiger partial charge in [0.25, 0.3) is 0 Å². The van der Waals surface area contributed by atoms with Crippen LogP contribution in [0.1, 0.15) is 25.5 Å². The molecule has 0 aromatic carbocycles. The Hall–Kier alpha value is -1.67. The Morgan fingerprint density at radius 3 is 2.62 bits per heavy atom. The lowest BCUT2D eigenvalue weighted by atomic mass is 10.1. The highest BCUT2D eigenvalue weighted by Gasteiger charge is 2.29. The molecule has 2 heterocycles. The van der Waals surface area contributed by atoms with E-state index >= 15 is 0 Å². The van der Waals surface area contributed by atoms with E-state index < -0.39 is 9.84 Å². The molecule has 21 heavy (non-hydrogen) atoms. The first-order valence-corrected chi connectivity index (χ1v) is 8.28. The topological polar surface area (TPSA) is 90.4 Å². The number of nitrogens with one attached hydrogen (secondary N) is 1.